The van der Waals surface area contributed by atoms with Crippen molar-refractivity contribution < 1.29 is 19.4 Å². The molecule has 3 heterocycles. The van der Waals surface area contributed by atoms with Crippen molar-refractivity contribution >= 4 is 11.7 Å². The van der Waals surface area contributed by atoms with Gasteiger partial charge in [0.25, 0.3) is 0 Å². The lowest BCUT2D eigenvalue weighted by Gasteiger charge is -2.43. The van der Waals surface area contributed by atoms with Crippen LogP contribution in [-0.4, -0.2) is 29.8 Å². The first-order chi connectivity index (χ1) is 12.2. The summed E-state index contributed by atoms with van der Waals surface area (Å²) in [6.07, 6.45) is 3.44. The first kappa shape index (κ1) is 15.9. The van der Waals surface area contributed by atoms with Gasteiger partial charge in [-0.3, -0.25) is 4.98 Å². The number of hydrogen-bond acceptors (Lipinski definition) is 5. The van der Waals surface area contributed by atoms with Gasteiger partial charge in [0.05, 0.1) is 30.5 Å². The second-order valence-electron chi connectivity index (χ2n) is 6.45. The molecule has 4 rings (SSSR count). The maximum atomic E-state index is 11.1. The largest absolute Gasteiger partial charge is 0.497 e. The quantitative estimate of drug-likeness (QED) is 0.891. The van der Waals surface area contributed by atoms with Gasteiger partial charge < -0.3 is 19.9 Å². The summed E-state index contributed by atoms with van der Waals surface area (Å²) in [6, 6.07) is 9.35. The summed E-state index contributed by atoms with van der Waals surface area (Å²) in [5.41, 5.74) is 3.16. The number of fused-ring (bicyclic) bond motifs is 3. The molecular weight excluding hydrogens is 320 g/mol. The number of hydrogen-bond donors (Lipinski definition) is 2. The molecule has 0 aliphatic carbocycles. The summed E-state index contributed by atoms with van der Waals surface area (Å²) in [7, 11) is 1.66. The second kappa shape index (κ2) is 6.37. The van der Waals surface area contributed by atoms with E-state index in [0.717, 1.165) is 42.1 Å². The summed E-state index contributed by atoms with van der Waals surface area (Å²) >= 11 is 0. The van der Waals surface area contributed by atoms with Gasteiger partial charge >= 0.3 is 5.97 Å². The maximum Gasteiger partial charge on any atom is 0.337 e. The van der Waals surface area contributed by atoms with E-state index in [1.54, 1.807) is 19.2 Å². The van der Waals surface area contributed by atoms with Crippen molar-refractivity contribution in [3.8, 4) is 5.75 Å². The van der Waals surface area contributed by atoms with Crippen LogP contribution in [0.15, 0.2) is 36.5 Å². The summed E-state index contributed by atoms with van der Waals surface area (Å²) < 4.78 is 11.5. The Bertz CT molecular complexity index is 791. The first-order valence-electron chi connectivity index (χ1n) is 8.42. The molecule has 1 fully saturated rings. The van der Waals surface area contributed by atoms with Gasteiger partial charge in [0.15, 0.2) is 0 Å². The van der Waals surface area contributed by atoms with Gasteiger partial charge in [0.1, 0.15) is 5.75 Å². The van der Waals surface area contributed by atoms with Gasteiger partial charge in [-0.2, -0.15) is 0 Å². The van der Waals surface area contributed by atoms with Gasteiger partial charge in [-0.25, -0.2) is 4.79 Å². The number of carbonyl (C=O) groups is 1. The Morgan fingerprint density at radius 3 is 2.96 bits per heavy atom. The number of carboxylic acids is 1. The molecular formula is C19H20N2O4. The third-order valence-corrected chi connectivity index (χ3v) is 5.02. The van der Waals surface area contributed by atoms with Crippen LogP contribution in [0.5, 0.6) is 5.75 Å². The molecule has 2 aliphatic rings. The molecule has 2 aliphatic heterocycles. The fourth-order valence-corrected chi connectivity index (χ4v) is 3.78. The average molecular weight is 340 g/mol. The van der Waals surface area contributed by atoms with Gasteiger partial charge in [-0.05, 0) is 43.2 Å². The number of aromatic carboxylic acids is 1. The van der Waals surface area contributed by atoms with Crippen LogP contribution in [0.1, 0.15) is 46.6 Å². The molecule has 1 aromatic carbocycles. The van der Waals surface area contributed by atoms with Crippen molar-refractivity contribution in [3.63, 3.8) is 0 Å². The number of pyridine rings is 1. The van der Waals surface area contributed by atoms with Crippen molar-refractivity contribution in [3.05, 3.63) is 53.3 Å². The van der Waals surface area contributed by atoms with Crippen molar-refractivity contribution in [1.82, 2.24) is 4.98 Å². The Hall–Kier alpha value is -2.60. The summed E-state index contributed by atoms with van der Waals surface area (Å²) in [4.78, 5) is 15.5. The van der Waals surface area contributed by atoms with Crippen molar-refractivity contribution in [2.75, 3.05) is 19.0 Å². The standard InChI is InChI=1S/C19H20N2O4/c1-24-12-5-7-15-14(9-12)18-13(3-2-8-25-18)17(21-15)16-6-4-11(10-20-16)19(22)23/h4-7,9-10,13,17-18,21H,2-3,8H2,1H3,(H,22,23)/t13-,17+,18-/m1/s1. The molecule has 6 nitrogen and oxygen atoms in total. The number of methoxy groups -OCH3 is 1. The van der Waals surface area contributed by atoms with Crippen LogP contribution >= 0.6 is 0 Å². The zero-order valence-corrected chi connectivity index (χ0v) is 13.9. The van der Waals surface area contributed by atoms with Crippen LogP contribution < -0.4 is 10.1 Å². The number of carboxylic acid groups (broad SMARTS) is 1. The van der Waals surface area contributed by atoms with E-state index in [1.807, 2.05) is 18.2 Å². The molecule has 1 saturated heterocycles. The van der Waals surface area contributed by atoms with E-state index in [9.17, 15) is 4.79 Å². The minimum absolute atomic E-state index is 0.00552. The van der Waals surface area contributed by atoms with E-state index >= 15 is 0 Å². The molecule has 130 valence electrons. The van der Waals surface area contributed by atoms with E-state index < -0.39 is 5.97 Å². The van der Waals surface area contributed by atoms with Gasteiger partial charge in [-0.1, -0.05) is 0 Å². The van der Waals surface area contributed by atoms with Gasteiger partial charge in [0.2, 0.25) is 0 Å². The fourth-order valence-electron chi connectivity index (χ4n) is 3.78. The Morgan fingerprint density at radius 2 is 2.24 bits per heavy atom. The highest BCUT2D eigenvalue weighted by molar-refractivity contribution is 5.87. The highest BCUT2D eigenvalue weighted by Gasteiger charge is 2.40. The Balaban J connectivity index is 1.72. The molecule has 25 heavy (non-hydrogen) atoms. The molecule has 0 amide bonds. The number of rotatable bonds is 3. The number of nitrogens with zero attached hydrogens (tertiary/aromatic N) is 1. The predicted molar refractivity (Wildman–Crippen MR) is 92.0 cm³/mol. The molecule has 2 aromatic rings. The van der Waals surface area contributed by atoms with Crippen LogP contribution in [0.2, 0.25) is 0 Å². The predicted octanol–water partition coefficient (Wildman–Crippen LogP) is 3.42. The smallest absolute Gasteiger partial charge is 0.337 e. The second-order valence-corrected chi connectivity index (χ2v) is 6.45. The van der Waals surface area contributed by atoms with Crippen molar-refractivity contribution in [2.45, 2.75) is 25.0 Å². The van der Waals surface area contributed by atoms with E-state index in [1.165, 1.54) is 6.20 Å². The van der Waals surface area contributed by atoms with Crippen LogP contribution in [0, 0.1) is 5.92 Å². The highest BCUT2D eigenvalue weighted by Crippen LogP contribution is 2.49. The molecule has 0 radical (unpaired) electrons. The lowest BCUT2D eigenvalue weighted by atomic mass is 9.78. The third kappa shape index (κ3) is 2.82. The number of aromatic nitrogens is 1. The summed E-state index contributed by atoms with van der Waals surface area (Å²) in [5.74, 6) is 0.0966. The normalized spacial score (nSPS) is 24.6. The number of anilines is 1. The number of benzene rings is 1. The minimum atomic E-state index is -0.966. The number of nitrogens with one attached hydrogen (secondary N) is 1. The molecule has 0 saturated carbocycles. The van der Waals surface area contributed by atoms with E-state index in [0.29, 0.717) is 0 Å². The van der Waals surface area contributed by atoms with Crippen LogP contribution in [0.3, 0.4) is 0 Å². The van der Waals surface area contributed by atoms with Crippen LogP contribution in [-0.2, 0) is 4.74 Å². The Labute approximate surface area is 145 Å². The van der Waals surface area contributed by atoms with Crippen molar-refractivity contribution in [2.24, 2.45) is 5.92 Å². The molecule has 2 N–H and O–H groups in total. The molecule has 0 bridgehead atoms. The Morgan fingerprint density at radius 1 is 1.36 bits per heavy atom. The molecule has 0 spiro atoms. The average Bonchev–Trinajstić information content (AvgIpc) is 2.67. The highest BCUT2D eigenvalue weighted by atomic mass is 16.5. The van der Waals surface area contributed by atoms with Crippen LogP contribution in [0.25, 0.3) is 0 Å². The molecule has 1 aromatic heterocycles. The zero-order valence-electron chi connectivity index (χ0n) is 13.9. The summed E-state index contributed by atoms with van der Waals surface area (Å²) in [5, 5.41) is 12.6. The third-order valence-electron chi connectivity index (χ3n) is 5.02. The fraction of sp³-hybridized carbons (Fsp3) is 0.368. The van der Waals surface area contributed by atoms with Gasteiger partial charge in [-0.15, -0.1) is 0 Å². The Kier molecular flexibility index (Phi) is 4.05. The molecule has 3 atom stereocenters. The van der Waals surface area contributed by atoms with Gasteiger partial charge in [0, 0.05) is 30.0 Å². The minimum Gasteiger partial charge on any atom is -0.497 e. The lowest BCUT2D eigenvalue weighted by Crippen LogP contribution is -2.36. The molecule has 6 heteroatoms. The van der Waals surface area contributed by atoms with E-state index in [2.05, 4.69) is 10.3 Å². The SMILES string of the molecule is COc1ccc2c(c1)[C@@H]1OCCC[C@@H]1[C@@H](c1ccc(C(=O)O)cn1)N2. The van der Waals surface area contributed by atoms with Crippen molar-refractivity contribution in [1.29, 1.82) is 0 Å². The number of ether oxygens (including phenoxy) is 2. The van der Waals surface area contributed by atoms with Crippen LogP contribution in [0.4, 0.5) is 5.69 Å². The van der Waals surface area contributed by atoms with E-state index in [4.69, 9.17) is 14.6 Å². The first-order valence-corrected chi connectivity index (χ1v) is 8.42. The van der Waals surface area contributed by atoms with E-state index in [-0.39, 0.29) is 23.6 Å². The summed E-state index contributed by atoms with van der Waals surface area (Å²) in [6.45, 7) is 0.746. The maximum absolute atomic E-state index is 11.1. The topological polar surface area (TPSA) is 80.7 Å². The zero-order chi connectivity index (χ0) is 17.4. The molecule has 0 unspecified atom stereocenters. The monoisotopic (exact) mass is 340 g/mol. The lowest BCUT2D eigenvalue weighted by molar-refractivity contribution is -0.0386.